The number of aryl methyl sites for hydroxylation is 1. The highest BCUT2D eigenvalue weighted by atomic mass is 32.1. The van der Waals surface area contributed by atoms with Crippen molar-refractivity contribution in [2.75, 3.05) is 5.06 Å². The molecular formula is C18H16N2O3S. The molecule has 0 bridgehead atoms. The summed E-state index contributed by atoms with van der Waals surface area (Å²) in [5.74, 6) is -0.902. The third-order valence-electron chi connectivity index (χ3n) is 3.46. The highest BCUT2D eigenvalue weighted by Crippen LogP contribution is 2.32. The molecule has 2 aromatic carbocycles. The van der Waals surface area contributed by atoms with Crippen LogP contribution in [0.2, 0.25) is 0 Å². The third kappa shape index (κ3) is 3.14. The number of rotatable bonds is 2. The number of benzene rings is 2. The molecule has 0 saturated carbocycles. The number of fused-ring (bicyclic) bond motifs is 1. The molecule has 0 saturated heterocycles. The summed E-state index contributed by atoms with van der Waals surface area (Å²) in [6, 6.07) is 13.5. The fraction of sp³-hybridized carbons (Fsp3) is 0.167. The van der Waals surface area contributed by atoms with Crippen molar-refractivity contribution in [1.29, 1.82) is 0 Å². The number of hydroxylamine groups is 1. The van der Waals surface area contributed by atoms with E-state index < -0.39 is 5.97 Å². The van der Waals surface area contributed by atoms with Crippen molar-refractivity contribution in [2.45, 2.75) is 20.8 Å². The molecule has 24 heavy (non-hydrogen) atoms. The number of nitrogens with zero attached hydrogens (tertiary/aromatic N) is 2. The van der Waals surface area contributed by atoms with Gasteiger partial charge in [0.2, 0.25) is 0 Å². The maximum Gasteiger partial charge on any atom is 0.330 e. The van der Waals surface area contributed by atoms with Crippen molar-refractivity contribution in [3.05, 3.63) is 48.0 Å². The van der Waals surface area contributed by atoms with E-state index in [9.17, 15) is 9.59 Å². The van der Waals surface area contributed by atoms with E-state index in [0.29, 0.717) is 5.69 Å². The number of para-hydroxylation sites is 1. The second-order valence-corrected chi connectivity index (χ2v) is 6.41. The molecule has 3 aromatic rings. The minimum absolute atomic E-state index is 0.360. The molecule has 0 fully saturated rings. The van der Waals surface area contributed by atoms with E-state index in [1.54, 1.807) is 17.4 Å². The Morgan fingerprint density at radius 3 is 2.50 bits per heavy atom. The molecule has 122 valence electrons. The molecule has 0 radical (unpaired) electrons. The van der Waals surface area contributed by atoms with E-state index in [4.69, 9.17) is 4.84 Å². The van der Waals surface area contributed by atoms with E-state index in [1.165, 1.54) is 13.8 Å². The smallest absolute Gasteiger partial charge is 0.330 e. The van der Waals surface area contributed by atoms with E-state index >= 15 is 0 Å². The molecule has 3 rings (SSSR count). The average Bonchev–Trinajstić information content (AvgIpc) is 2.96. The number of hydrogen-bond donors (Lipinski definition) is 0. The van der Waals surface area contributed by atoms with Crippen LogP contribution in [0.15, 0.2) is 42.5 Å². The summed E-state index contributed by atoms with van der Waals surface area (Å²) in [5.41, 5.74) is 3.29. The quantitative estimate of drug-likeness (QED) is 0.659. The largest absolute Gasteiger partial charge is 0.334 e. The summed E-state index contributed by atoms with van der Waals surface area (Å²) in [7, 11) is 0. The van der Waals surface area contributed by atoms with Crippen molar-refractivity contribution >= 4 is 39.1 Å². The molecule has 0 N–H and O–H groups in total. The Morgan fingerprint density at radius 2 is 1.88 bits per heavy atom. The van der Waals surface area contributed by atoms with Crippen molar-refractivity contribution < 1.29 is 14.4 Å². The summed E-state index contributed by atoms with van der Waals surface area (Å²) in [5, 5.41) is 1.92. The minimum Gasteiger partial charge on any atom is -0.334 e. The molecule has 1 amide bonds. The molecule has 6 heteroatoms. The first-order valence-electron chi connectivity index (χ1n) is 7.41. The number of carbonyl (C=O) groups excluding carboxylic acids is 2. The van der Waals surface area contributed by atoms with Crippen LogP contribution in [0.3, 0.4) is 0 Å². The Labute approximate surface area is 143 Å². The Hall–Kier alpha value is -2.73. The van der Waals surface area contributed by atoms with Gasteiger partial charge in [0.15, 0.2) is 0 Å². The lowest BCUT2D eigenvalue weighted by atomic mass is 10.1. The molecule has 5 nitrogen and oxygen atoms in total. The first-order valence-corrected chi connectivity index (χ1v) is 8.23. The predicted molar refractivity (Wildman–Crippen MR) is 94.7 cm³/mol. The van der Waals surface area contributed by atoms with Gasteiger partial charge in [-0.15, -0.1) is 16.4 Å². The molecule has 0 aliphatic heterocycles. The van der Waals surface area contributed by atoms with Crippen molar-refractivity contribution in [1.82, 2.24) is 4.98 Å². The lowest BCUT2D eigenvalue weighted by molar-refractivity contribution is -0.147. The maximum atomic E-state index is 11.7. The third-order valence-corrected chi connectivity index (χ3v) is 4.55. The fourth-order valence-corrected chi connectivity index (χ4v) is 3.39. The Bertz CT molecular complexity index is 900. The highest BCUT2D eigenvalue weighted by molar-refractivity contribution is 7.21. The topological polar surface area (TPSA) is 59.5 Å². The van der Waals surface area contributed by atoms with Gasteiger partial charge < -0.3 is 4.84 Å². The van der Waals surface area contributed by atoms with Crippen LogP contribution in [0, 0.1) is 6.92 Å². The summed E-state index contributed by atoms with van der Waals surface area (Å²) >= 11 is 1.61. The van der Waals surface area contributed by atoms with Crippen LogP contribution in [0.4, 0.5) is 5.69 Å². The highest BCUT2D eigenvalue weighted by Gasteiger charge is 2.18. The molecule has 1 heterocycles. The van der Waals surface area contributed by atoms with Crippen molar-refractivity contribution in [3.63, 3.8) is 0 Å². The predicted octanol–water partition coefficient (Wildman–Crippen LogP) is 4.10. The maximum absolute atomic E-state index is 11.7. The first kappa shape index (κ1) is 16.1. The second-order valence-electron chi connectivity index (χ2n) is 5.38. The van der Waals surface area contributed by atoms with Crippen LogP contribution in [-0.2, 0) is 14.4 Å². The van der Waals surface area contributed by atoms with Gasteiger partial charge in [-0.05, 0) is 42.8 Å². The standard InChI is InChI=1S/C18H16N2O3S/c1-11-10-14(18-19-15-6-4-5-7-17(15)24-18)8-9-16(11)20(12(2)21)23-13(3)22/h4-10H,1-3H3. The van der Waals surface area contributed by atoms with Crippen LogP contribution >= 0.6 is 11.3 Å². The van der Waals surface area contributed by atoms with Crippen LogP contribution in [0.5, 0.6) is 0 Å². The first-order chi connectivity index (χ1) is 11.5. The number of thiazole rings is 1. The van der Waals surface area contributed by atoms with E-state index in [-0.39, 0.29) is 5.91 Å². The van der Waals surface area contributed by atoms with E-state index in [1.807, 2.05) is 43.3 Å². The average molecular weight is 340 g/mol. The zero-order valence-corrected chi connectivity index (χ0v) is 14.4. The van der Waals surface area contributed by atoms with Crippen LogP contribution in [0.1, 0.15) is 19.4 Å². The molecule has 1 aromatic heterocycles. The summed E-state index contributed by atoms with van der Waals surface area (Å²) in [6.07, 6.45) is 0. The zero-order valence-electron chi connectivity index (χ0n) is 13.6. The Balaban J connectivity index is 1.99. The molecule has 0 spiro atoms. The monoisotopic (exact) mass is 340 g/mol. The number of amides is 1. The van der Waals surface area contributed by atoms with Crippen LogP contribution in [-0.4, -0.2) is 16.9 Å². The lowest BCUT2D eigenvalue weighted by Crippen LogP contribution is -2.31. The number of carbonyl (C=O) groups is 2. The van der Waals surface area contributed by atoms with E-state index in [0.717, 1.165) is 31.4 Å². The van der Waals surface area contributed by atoms with E-state index in [2.05, 4.69) is 4.98 Å². The summed E-state index contributed by atoms with van der Waals surface area (Å²) in [4.78, 5) is 32.6. The van der Waals surface area contributed by atoms with Gasteiger partial charge in [0, 0.05) is 19.4 Å². The number of hydrogen-bond acceptors (Lipinski definition) is 5. The molecule has 0 unspecified atom stereocenters. The molecule has 0 atom stereocenters. The zero-order chi connectivity index (χ0) is 17.3. The van der Waals surface area contributed by atoms with Gasteiger partial charge in [-0.2, -0.15) is 0 Å². The van der Waals surface area contributed by atoms with Gasteiger partial charge in [0.25, 0.3) is 5.91 Å². The Morgan fingerprint density at radius 1 is 1.12 bits per heavy atom. The summed E-state index contributed by atoms with van der Waals surface area (Å²) < 4.78 is 1.12. The second kappa shape index (κ2) is 6.41. The minimum atomic E-state index is -0.542. The SMILES string of the molecule is CC(=O)ON(C(C)=O)c1ccc(-c2nc3ccccc3s2)cc1C. The van der Waals surface area contributed by atoms with Gasteiger partial charge in [0.1, 0.15) is 5.01 Å². The molecular weight excluding hydrogens is 324 g/mol. The van der Waals surface area contributed by atoms with Gasteiger partial charge in [-0.25, -0.2) is 9.78 Å². The Kier molecular flexibility index (Phi) is 4.31. The van der Waals surface area contributed by atoms with Gasteiger partial charge in [-0.1, -0.05) is 12.1 Å². The van der Waals surface area contributed by atoms with Gasteiger partial charge in [-0.3, -0.25) is 4.79 Å². The van der Waals surface area contributed by atoms with Crippen molar-refractivity contribution in [3.8, 4) is 10.6 Å². The molecule has 0 aliphatic rings. The molecule has 0 aliphatic carbocycles. The number of aromatic nitrogens is 1. The number of anilines is 1. The normalized spacial score (nSPS) is 10.6. The lowest BCUT2D eigenvalue weighted by Gasteiger charge is -2.20. The van der Waals surface area contributed by atoms with Crippen LogP contribution < -0.4 is 5.06 Å². The van der Waals surface area contributed by atoms with Gasteiger partial charge in [0.05, 0.1) is 15.9 Å². The summed E-state index contributed by atoms with van der Waals surface area (Å²) in [6.45, 7) is 4.48. The van der Waals surface area contributed by atoms with Crippen LogP contribution in [0.25, 0.3) is 20.8 Å². The van der Waals surface area contributed by atoms with Crippen molar-refractivity contribution in [2.24, 2.45) is 0 Å². The fourth-order valence-electron chi connectivity index (χ4n) is 2.42. The van der Waals surface area contributed by atoms with Gasteiger partial charge >= 0.3 is 5.97 Å².